The quantitative estimate of drug-likeness (QED) is 0.524. The van der Waals surface area contributed by atoms with E-state index in [1.807, 2.05) is 4.90 Å². The summed E-state index contributed by atoms with van der Waals surface area (Å²) in [5.41, 5.74) is 0. The number of piperidine rings is 2. The molecule has 3 aliphatic heterocycles. The van der Waals surface area contributed by atoms with Gasteiger partial charge in [-0.25, -0.2) is 0 Å². The van der Waals surface area contributed by atoms with Gasteiger partial charge in [0.1, 0.15) is 6.29 Å². The van der Waals surface area contributed by atoms with E-state index < -0.39 is 0 Å². The van der Waals surface area contributed by atoms with Crippen molar-refractivity contribution < 1.29 is 14.3 Å². The second kappa shape index (κ2) is 8.92. The summed E-state index contributed by atoms with van der Waals surface area (Å²) in [6.07, 6.45) is 9.32. The number of hydrogen-bond donors (Lipinski definition) is 1. The van der Waals surface area contributed by atoms with Gasteiger partial charge in [-0.3, -0.25) is 4.79 Å². The molecule has 0 saturated carbocycles. The molecule has 2 unspecified atom stereocenters. The fourth-order valence-corrected chi connectivity index (χ4v) is 4.51. The van der Waals surface area contributed by atoms with E-state index in [1.165, 1.54) is 12.8 Å². The minimum Gasteiger partial charge on any atom is -0.377 e. The van der Waals surface area contributed by atoms with Gasteiger partial charge in [-0.05, 0) is 58.2 Å². The van der Waals surface area contributed by atoms with Gasteiger partial charge in [0.25, 0.3) is 0 Å². The van der Waals surface area contributed by atoms with Crippen LogP contribution in [-0.4, -0.2) is 79.5 Å². The summed E-state index contributed by atoms with van der Waals surface area (Å²) in [5, 5.41) is 3.64. The van der Waals surface area contributed by atoms with E-state index in [4.69, 9.17) is 4.74 Å². The first-order chi connectivity index (χ1) is 11.8. The Hall–Kier alpha value is -0.980. The van der Waals surface area contributed by atoms with E-state index in [-0.39, 0.29) is 12.1 Å². The number of hydrogen-bond acceptors (Lipinski definition) is 5. The number of amides is 1. The van der Waals surface area contributed by atoms with Crippen LogP contribution in [0.3, 0.4) is 0 Å². The van der Waals surface area contributed by atoms with E-state index in [2.05, 4.69) is 10.2 Å². The molecule has 0 aliphatic carbocycles. The van der Waals surface area contributed by atoms with Crippen LogP contribution in [0.4, 0.5) is 0 Å². The minimum atomic E-state index is 0.272. The number of likely N-dealkylation sites (tertiary alicyclic amines) is 1. The molecule has 2 bridgehead atoms. The predicted molar refractivity (Wildman–Crippen MR) is 91.8 cm³/mol. The molecule has 3 rings (SSSR count). The van der Waals surface area contributed by atoms with Crippen LogP contribution in [0.1, 0.15) is 44.9 Å². The zero-order valence-electron chi connectivity index (χ0n) is 14.6. The highest BCUT2D eigenvalue weighted by Gasteiger charge is 2.40. The molecule has 3 saturated heterocycles. The molecule has 2 atom stereocenters. The zero-order chi connectivity index (χ0) is 16.8. The minimum absolute atomic E-state index is 0.272. The summed E-state index contributed by atoms with van der Waals surface area (Å²) < 4.78 is 5.64. The van der Waals surface area contributed by atoms with Crippen molar-refractivity contribution in [3.8, 4) is 0 Å². The summed E-state index contributed by atoms with van der Waals surface area (Å²) in [6.45, 7) is 4.73. The predicted octanol–water partition coefficient (Wildman–Crippen LogP) is 0.798. The number of nitrogens with zero attached hydrogens (tertiary/aromatic N) is 2. The van der Waals surface area contributed by atoms with E-state index in [1.54, 1.807) is 0 Å². The molecule has 1 N–H and O–H groups in total. The van der Waals surface area contributed by atoms with Gasteiger partial charge < -0.3 is 24.6 Å². The molecule has 3 aliphatic rings. The van der Waals surface area contributed by atoms with Gasteiger partial charge >= 0.3 is 0 Å². The average molecular weight is 337 g/mol. The molecule has 3 fully saturated rings. The molecule has 136 valence electrons. The van der Waals surface area contributed by atoms with Crippen LogP contribution >= 0.6 is 0 Å². The van der Waals surface area contributed by atoms with E-state index in [0.29, 0.717) is 31.7 Å². The lowest BCUT2D eigenvalue weighted by Gasteiger charge is -2.50. The fraction of sp³-hybridized carbons (Fsp3) is 0.889. The van der Waals surface area contributed by atoms with Gasteiger partial charge in [0.2, 0.25) is 6.41 Å². The number of carbonyl (C=O) groups excluding carboxylic acids is 2. The third-order valence-electron chi connectivity index (χ3n) is 5.90. The van der Waals surface area contributed by atoms with Crippen LogP contribution in [0.5, 0.6) is 0 Å². The normalized spacial score (nSPS) is 31.8. The molecule has 0 aromatic rings. The first-order valence-electron chi connectivity index (χ1n) is 9.53. The van der Waals surface area contributed by atoms with Crippen molar-refractivity contribution >= 4 is 12.7 Å². The van der Waals surface area contributed by atoms with Crippen molar-refractivity contribution in [1.82, 2.24) is 15.1 Å². The molecule has 6 nitrogen and oxygen atoms in total. The number of carbonyl (C=O) groups is 2. The Morgan fingerprint density at radius 2 is 1.71 bits per heavy atom. The van der Waals surface area contributed by atoms with Gasteiger partial charge in [-0.15, -0.1) is 0 Å². The summed E-state index contributed by atoms with van der Waals surface area (Å²) >= 11 is 0. The number of unbranched alkanes of at least 4 members (excludes halogenated alkanes) is 2. The highest BCUT2D eigenvalue weighted by Crippen LogP contribution is 2.30. The number of aldehydes is 1. The third-order valence-corrected chi connectivity index (χ3v) is 5.90. The number of nitrogens with one attached hydrogen (secondary N) is 1. The van der Waals surface area contributed by atoms with Crippen LogP contribution in [-0.2, 0) is 14.3 Å². The zero-order valence-corrected chi connectivity index (χ0v) is 14.6. The Morgan fingerprint density at radius 1 is 1.00 bits per heavy atom. The topological polar surface area (TPSA) is 61.9 Å². The molecule has 0 radical (unpaired) electrons. The highest BCUT2D eigenvalue weighted by molar-refractivity contribution is 5.49. The van der Waals surface area contributed by atoms with Gasteiger partial charge in [0, 0.05) is 18.5 Å². The molecule has 1 amide bonds. The maximum absolute atomic E-state index is 11.3. The molecule has 3 heterocycles. The molecule has 6 heteroatoms. The number of morpholine rings is 1. The van der Waals surface area contributed by atoms with Crippen LogP contribution in [0.15, 0.2) is 0 Å². The first-order valence-corrected chi connectivity index (χ1v) is 9.53. The van der Waals surface area contributed by atoms with Crippen molar-refractivity contribution in [2.45, 2.75) is 69.1 Å². The lowest BCUT2D eigenvalue weighted by atomic mass is 9.88. The Labute approximate surface area is 144 Å². The third kappa shape index (κ3) is 4.35. The van der Waals surface area contributed by atoms with Crippen molar-refractivity contribution in [2.75, 3.05) is 32.8 Å². The summed E-state index contributed by atoms with van der Waals surface area (Å²) in [6, 6.07) is 1.77. The second-order valence-electron chi connectivity index (χ2n) is 7.45. The SMILES string of the molecule is O=CCCCCNC1CCN(C2CC3COCC(C2)N3C=O)CC1. The van der Waals surface area contributed by atoms with E-state index in [0.717, 1.165) is 58.0 Å². The van der Waals surface area contributed by atoms with Gasteiger partial charge in [0.05, 0.1) is 25.3 Å². The molecule has 24 heavy (non-hydrogen) atoms. The standard InChI is InChI=1S/C18H31N3O3/c22-9-3-1-2-6-19-15-4-7-20(8-5-15)16-10-17-12-24-13-18(11-16)21(17)14-23/h9,14-19H,1-8,10-13H2. The summed E-state index contributed by atoms with van der Waals surface area (Å²) in [5.74, 6) is 0. The lowest BCUT2D eigenvalue weighted by Crippen LogP contribution is -2.61. The van der Waals surface area contributed by atoms with E-state index >= 15 is 0 Å². The van der Waals surface area contributed by atoms with Crippen LogP contribution < -0.4 is 5.32 Å². The van der Waals surface area contributed by atoms with Crippen LogP contribution in [0, 0.1) is 0 Å². The largest absolute Gasteiger partial charge is 0.377 e. The fourth-order valence-electron chi connectivity index (χ4n) is 4.51. The smallest absolute Gasteiger partial charge is 0.210 e. The number of ether oxygens (including phenoxy) is 1. The molecular formula is C18H31N3O3. The molecule has 0 spiro atoms. The highest BCUT2D eigenvalue weighted by atomic mass is 16.5. The van der Waals surface area contributed by atoms with Crippen molar-refractivity contribution in [2.24, 2.45) is 0 Å². The summed E-state index contributed by atoms with van der Waals surface area (Å²) in [4.78, 5) is 26.2. The van der Waals surface area contributed by atoms with Crippen LogP contribution in [0.25, 0.3) is 0 Å². The maximum Gasteiger partial charge on any atom is 0.210 e. The van der Waals surface area contributed by atoms with Crippen molar-refractivity contribution in [3.05, 3.63) is 0 Å². The van der Waals surface area contributed by atoms with Gasteiger partial charge in [0.15, 0.2) is 0 Å². The lowest BCUT2D eigenvalue weighted by molar-refractivity contribution is -0.141. The monoisotopic (exact) mass is 337 g/mol. The van der Waals surface area contributed by atoms with Crippen LogP contribution in [0.2, 0.25) is 0 Å². The first kappa shape index (κ1) is 17.8. The number of rotatable bonds is 8. The number of fused-ring (bicyclic) bond motifs is 2. The summed E-state index contributed by atoms with van der Waals surface area (Å²) in [7, 11) is 0. The second-order valence-corrected chi connectivity index (χ2v) is 7.45. The van der Waals surface area contributed by atoms with Crippen molar-refractivity contribution in [3.63, 3.8) is 0 Å². The van der Waals surface area contributed by atoms with Crippen molar-refractivity contribution in [1.29, 1.82) is 0 Å². The molecule has 0 aromatic heterocycles. The Balaban J connectivity index is 1.39. The van der Waals surface area contributed by atoms with Gasteiger partial charge in [-0.2, -0.15) is 0 Å². The maximum atomic E-state index is 11.3. The average Bonchev–Trinajstić information content (AvgIpc) is 2.61. The Morgan fingerprint density at radius 3 is 2.33 bits per heavy atom. The van der Waals surface area contributed by atoms with E-state index in [9.17, 15) is 9.59 Å². The molecular weight excluding hydrogens is 306 g/mol. The Kier molecular flexibility index (Phi) is 6.63. The molecule has 0 aromatic carbocycles. The van der Waals surface area contributed by atoms with Gasteiger partial charge in [-0.1, -0.05) is 0 Å². The Bertz CT molecular complexity index is 398.